The third-order valence-corrected chi connectivity index (χ3v) is 4.63. The number of nitrogens with one attached hydrogen (secondary N) is 1. The Hall–Kier alpha value is -2.56. The van der Waals surface area contributed by atoms with Crippen molar-refractivity contribution in [2.24, 2.45) is 0 Å². The van der Waals surface area contributed by atoms with E-state index in [0.717, 1.165) is 5.56 Å². The molecule has 2 aromatic carbocycles. The van der Waals surface area contributed by atoms with Crippen molar-refractivity contribution >= 4 is 10.0 Å². The standard InChI is InChI=1S/C16H16N2O4S/c1-21-15-8-5-13(9-16(15)22-2)11-18-23(19,20)14-6-3-12(10-17)4-7-14/h3-9,18H,11H2,1-2H3. The molecule has 1 N–H and O–H groups in total. The van der Waals surface area contributed by atoms with Crippen LogP contribution in [0.25, 0.3) is 0 Å². The zero-order valence-corrected chi connectivity index (χ0v) is 13.6. The van der Waals surface area contributed by atoms with Crippen molar-refractivity contribution in [2.75, 3.05) is 14.2 Å². The molecule has 0 unspecified atom stereocenters. The minimum atomic E-state index is -3.65. The van der Waals surface area contributed by atoms with E-state index in [1.165, 1.54) is 38.5 Å². The molecule has 0 bridgehead atoms. The molecular formula is C16H16N2O4S. The Morgan fingerprint density at radius 3 is 2.26 bits per heavy atom. The highest BCUT2D eigenvalue weighted by Crippen LogP contribution is 2.27. The first kappa shape index (κ1) is 16.8. The van der Waals surface area contributed by atoms with Crippen LogP contribution >= 0.6 is 0 Å². The molecule has 0 saturated heterocycles. The summed E-state index contributed by atoms with van der Waals surface area (Å²) in [6.07, 6.45) is 0. The normalized spacial score (nSPS) is 10.8. The van der Waals surface area contributed by atoms with Crippen molar-refractivity contribution in [1.82, 2.24) is 4.72 Å². The molecule has 0 radical (unpaired) electrons. The lowest BCUT2D eigenvalue weighted by Gasteiger charge is -2.11. The fourth-order valence-electron chi connectivity index (χ4n) is 1.96. The largest absolute Gasteiger partial charge is 0.493 e. The number of ether oxygens (including phenoxy) is 2. The van der Waals surface area contributed by atoms with Gasteiger partial charge in [0, 0.05) is 6.54 Å². The summed E-state index contributed by atoms with van der Waals surface area (Å²) < 4.78 is 37.3. The van der Waals surface area contributed by atoms with Crippen LogP contribution in [0, 0.1) is 11.3 Å². The first-order valence-corrected chi connectivity index (χ1v) is 8.19. The summed E-state index contributed by atoms with van der Waals surface area (Å²) in [6.45, 7) is 0.114. The molecule has 23 heavy (non-hydrogen) atoms. The average Bonchev–Trinajstić information content (AvgIpc) is 2.59. The Kier molecular flexibility index (Phi) is 5.21. The Morgan fingerprint density at radius 1 is 1.04 bits per heavy atom. The fourth-order valence-corrected chi connectivity index (χ4v) is 2.98. The van der Waals surface area contributed by atoms with Gasteiger partial charge in [0.25, 0.3) is 0 Å². The quantitative estimate of drug-likeness (QED) is 0.874. The maximum atomic E-state index is 12.2. The average molecular weight is 332 g/mol. The van der Waals surface area contributed by atoms with Gasteiger partial charge in [-0.2, -0.15) is 5.26 Å². The van der Waals surface area contributed by atoms with Gasteiger partial charge in [-0.1, -0.05) is 6.07 Å². The Morgan fingerprint density at radius 2 is 1.70 bits per heavy atom. The van der Waals surface area contributed by atoms with Gasteiger partial charge in [-0.3, -0.25) is 0 Å². The van der Waals surface area contributed by atoms with E-state index in [1.807, 2.05) is 6.07 Å². The maximum absolute atomic E-state index is 12.2. The molecule has 0 fully saturated rings. The monoisotopic (exact) mass is 332 g/mol. The molecule has 2 aromatic rings. The lowest BCUT2D eigenvalue weighted by molar-refractivity contribution is 0.354. The van der Waals surface area contributed by atoms with Gasteiger partial charge in [-0.05, 0) is 42.0 Å². The number of benzene rings is 2. The molecule has 120 valence electrons. The van der Waals surface area contributed by atoms with Crippen molar-refractivity contribution in [3.05, 3.63) is 53.6 Å². The number of sulfonamides is 1. The van der Waals surface area contributed by atoms with E-state index in [2.05, 4.69) is 4.72 Å². The van der Waals surface area contributed by atoms with Crippen molar-refractivity contribution in [3.63, 3.8) is 0 Å². The van der Waals surface area contributed by atoms with Crippen LogP contribution in [0.3, 0.4) is 0 Å². The Balaban J connectivity index is 2.14. The second kappa shape index (κ2) is 7.13. The van der Waals surface area contributed by atoms with Crippen molar-refractivity contribution in [3.8, 4) is 17.6 Å². The third kappa shape index (κ3) is 4.00. The summed E-state index contributed by atoms with van der Waals surface area (Å²) in [5, 5.41) is 8.74. The maximum Gasteiger partial charge on any atom is 0.240 e. The predicted molar refractivity (Wildman–Crippen MR) is 84.7 cm³/mol. The number of hydrogen-bond acceptors (Lipinski definition) is 5. The van der Waals surface area contributed by atoms with Gasteiger partial charge in [-0.15, -0.1) is 0 Å². The van der Waals surface area contributed by atoms with Crippen LogP contribution in [0.1, 0.15) is 11.1 Å². The first-order chi connectivity index (χ1) is 11.0. The molecule has 0 aromatic heterocycles. The van der Waals surface area contributed by atoms with Crippen molar-refractivity contribution in [1.29, 1.82) is 5.26 Å². The number of methoxy groups -OCH3 is 2. The minimum Gasteiger partial charge on any atom is -0.493 e. The summed E-state index contributed by atoms with van der Waals surface area (Å²) in [4.78, 5) is 0.108. The number of hydrogen-bond donors (Lipinski definition) is 1. The minimum absolute atomic E-state index is 0.108. The summed E-state index contributed by atoms with van der Waals surface area (Å²) in [5.74, 6) is 1.11. The fraction of sp³-hybridized carbons (Fsp3) is 0.188. The van der Waals surface area contributed by atoms with Crippen molar-refractivity contribution < 1.29 is 17.9 Å². The molecule has 0 atom stereocenters. The lowest BCUT2D eigenvalue weighted by Crippen LogP contribution is -2.23. The van der Waals surface area contributed by atoms with E-state index < -0.39 is 10.0 Å². The van der Waals surface area contributed by atoms with Crippen LogP contribution in [-0.4, -0.2) is 22.6 Å². The number of nitriles is 1. The molecule has 0 saturated carbocycles. The van der Waals surface area contributed by atoms with E-state index in [0.29, 0.717) is 17.1 Å². The molecule has 0 heterocycles. The zero-order chi connectivity index (χ0) is 16.9. The second-order valence-electron chi connectivity index (χ2n) is 4.65. The molecule has 0 aliphatic heterocycles. The third-order valence-electron chi connectivity index (χ3n) is 3.21. The predicted octanol–water partition coefficient (Wildman–Crippen LogP) is 2.05. The Labute approximate surface area is 135 Å². The second-order valence-corrected chi connectivity index (χ2v) is 6.42. The molecule has 2 rings (SSSR count). The van der Waals surface area contributed by atoms with Crippen LogP contribution in [0.4, 0.5) is 0 Å². The van der Waals surface area contributed by atoms with Gasteiger partial charge in [0.15, 0.2) is 11.5 Å². The summed E-state index contributed by atoms with van der Waals surface area (Å²) >= 11 is 0. The molecule has 6 nitrogen and oxygen atoms in total. The van der Waals surface area contributed by atoms with E-state index in [4.69, 9.17) is 14.7 Å². The summed E-state index contributed by atoms with van der Waals surface area (Å²) in [6, 6.07) is 12.8. The van der Waals surface area contributed by atoms with Crippen LogP contribution in [0.5, 0.6) is 11.5 Å². The van der Waals surface area contributed by atoms with E-state index in [1.54, 1.807) is 18.2 Å². The van der Waals surface area contributed by atoms with E-state index >= 15 is 0 Å². The van der Waals surface area contributed by atoms with Crippen LogP contribution < -0.4 is 14.2 Å². The van der Waals surface area contributed by atoms with Crippen LogP contribution in [0.2, 0.25) is 0 Å². The van der Waals surface area contributed by atoms with Gasteiger partial charge in [0.1, 0.15) is 0 Å². The molecule has 0 aliphatic rings. The lowest BCUT2D eigenvalue weighted by atomic mass is 10.2. The highest BCUT2D eigenvalue weighted by Gasteiger charge is 2.14. The Bertz CT molecular complexity index is 824. The molecule has 0 spiro atoms. The SMILES string of the molecule is COc1ccc(CNS(=O)(=O)c2ccc(C#N)cc2)cc1OC. The van der Waals surface area contributed by atoms with Gasteiger partial charge in [0.05, 0.1) is 30.7 Å². The zero-order valence-electron chi connectivity index (χ0n) is 12.7. The molecule has 0 aliphatic carbocycles. The van der Waals surface area contributed by atoms with Crippen LogP contribution in [0.15, 0.2) is 47.4 Å². The van der Waals surface area contributed by atoms with E-state index in [9.17, 15) is 8.42 Å². The van der Waals surface area contributed by atoms with Gasteiger partial charge in [-0.25, -0.2) is 13.1 Å². The number of rotatable bonds is 6. The summed E-state index contributed by atoms with van der Waals surface area (Å²) in [7, 11) is -0.601. The smallest absolute Gasteiger partial charge is 0.240 e. The molecular weight excluding hydrogens is 316 g/mol. The van der Waals surface area contributed by atoms with Gasteiger partial charge >= 0.3 is 0 Å². The molecule has 7 heteroatoms. The van der Waals surface area contributed by atoms with Crippen LogP contribution in [-0.2, 0) is 16.6 Å². The topological polar surface area (TPSA) is 88.4 Å². The highest BCUT2D eigenvalue weighted by atomic mass is 32.2. The number of nitrogens with zero attached hydrogens (tertiary/aromatic N) is 1. The van der Waals surface area contributed by atoms with Gasteiger partial charge in [0.2, 0.25) is 10.0 Å². The van der Waals surface area contributed by atoms with E-state index in [-0.39, 0.29) is 11.4 Å². The first-order valence-electron chi connectivity index (χ1n) is 6.71. The highest BCUT2D eigenvalue weighted by molar-refractivity contribution is 7.89. The van der Waals surface area contributed by atoms with Gasteiger partial charge < -0.3 is 9.47 Å². The molecule has 0 amide bonds. The van der Waals surface area contributed by atoms with Crippen molar-refractivity contribution in [2.45, 2.75) is 11.4 Å². The summed E-state index contributed by atoms with van der Waals surface area (Å²) in [5.41, 5.74) is 1.14.